The summed E-state index contributed by atoms with van der Waals surface area (Å²) < 4.78 is 14.1. The molecule has 0 fully saturated rings. The number of hydrogen-bond donors (Lipinski definition) is 0. The average Bonchev–Trinajstić information content (AvgIpc) is 2.01. The Bertz CT molecular complexity index is 159. The largest absolute Gasteiger partial charge is 2.00 e. The molecule has 0 unspecified atom stereocenters. The molecule has 0 aromatic rings. The van der Waals surface area contributed by atoms with Crippen LogP contribution in [0.3, 0.4) is 0 Å². The summed E-state index contributed by atoms with van der Waals surface area (Å²) in [5.74, 6) is 0. The fraction of sp³-hybridized carbons (Fsp3) is 1.00. The van der Waals surface area contributed by atoms with Crippen LogP contribution in [0.2, 0.25) is 0 Å². The van der Waals surface area contributed by atoms with Crippen molar-refractivity contribution in [2.24, 2.45) is 0 Å². The van der Waals surface area contributed by atoms with E-state index in [9.17, 15) is 14.4 Å². The van der Waals surface area contributed by atoms with E-state index >= 15 is 0 Å². The summed E-state index contributed by atoms with van der Waals surface area (Å²) in [6.45, 7) is 2.17. The van der Waals surface area contributed by atoms with Crippen LogP contribution in [-0.2, 0) is 25.6 Å². The van der Waals surface area contributed by atoms with Crippen LogP contribution in [0.1, 0.15) is 45.4 Å². The van der Waals surface area contributed by atoms with E-state index in [0.717, 1.165) is 12.8 Å². The van der Waals surface area contributed by atoms with E-state index < -0.39 is 7.82 Å². The monoisotopic (exact) mass is 266 g/mol. The summed E-state index contributed by atoms with van der Waals surface area (Å²) in [7, 11) is -4.73. The SMILES string of the molecule is CCCCCCCCOP(=O)([O-])[O-].[Ni+2]. The van der Waals surface area contributed by atoms with Crippen LogP contribution in [0.15, 0.2) is 0 Å². The topological polar surface area (TPSA) is 72.4 Å². The Labute approximate surface area is 95.6 Å². The molecule has 6 heteroatoms. The van der Waals surface area contributed by atoms with E-state index in [2.05, 4.69) is 11.4 Å². The average molecular weight is 267 g/mol. The predicted octanol–water partition coefficient (Wildman–Crippen LogP) is 1.19. The van der Waals surface area contributed by atoms with Crippen LogP contribution in [0.25, 0.3) is 0 Å². The van der Waals surface area contributed by atoms with Gasteiger partial charge >= 0.3 is 16.5 Å². The molecule has 0 bridgehead atoms. The Morgan fingerprint density at radius 1 is 1.07 bits per heavy atom. The van der Waals surface area contributed by atoms with Gasteiger partial charge in [-0.05, 0) is 6.42 Å². The Kier molecular flexibility index (Phi) is 12.3. The molecule has 0 N–H and O–H groups in total. The minimum atomic E-state index is -4.73. The molecule has 0 saturated heterocycles. The molecule has 0 atom stereocenters. The standard InChI is InChI=1S/C8H19O4P.Ni/c1-2-3-4-5-6-7-8-12-13(9,10)11;/h2-8H2,1H3,(H2,9,10,11);/q;+2/p-2. The van der Waals surface area contributed by atoms with Crippen molar-refractivity contribution >= 4 is 7.82 Å². The van der Waals surface area contributed by atoms with Gasteiger partial charge in [-0.25, -0.2) is 0 Å². The van der Waals surface area contributed by atoms with Crippen LogP contribution >= 0.6 is 7.82 Å². The van der Waals surface area contributed by atoms with Gasteiger partial charge in [0, 0.05) is 0 Å². The van der Waals surface area contributed by atoms with Crippen molar-refractivity contribution < 1.29 is 35.4 Å². The molecular formula is C8H17NiO4P. The zero-order chi connectivity index (χ0) is 10.2. The fourth-order valence-electron chi connectivity index (χ4n) is 1.06. The first-order chi connectivity index (χ1) is 6.06. The van der Waals surface area contributed by atoms with Crippen molar-refractivity contribution in [3.05, 3.63) is 0 Å². The second-order valence-electron chi connectivity index (χ2n) is 3.05. The van der Waals surface area contributed by atoms with Gasteiger partial charge < -0.3 is 18.9 Å². The number of rotatable bonds is 8. The number of phosphoric acid groups is 1. The predicted molar refractivity (Wildman–Crippen MR) is 46.9 cm³/mol. The van der Waals surface area contributed by atoms with Gasteiger partial charge in [0.15, 0.2) is 0 Å². The van der Waals surface area contributed by atoms with E-state index in [0.29, 0.717) is 6.42 Å². The van der Waals surface area contributed by atoms with Crippen molar-refractivity contribution in [1.82, 2.24) is 0 Å². The van der Waals surface area contributed by atoms with Gasteiger partial charge in [-0.3, -0.25) is 0 Å². The maximum atomic E-state index is 10.0. The van der Waals surface area contributed by atoms with Gasteiger partial charge in [0.1, 0.15) is 0 Å². The number of phosphoric ester groups is 1. The molecule has 88 valence electrons. The number of unbranched alkanes of at least 4 members (excludes halogenated alkanes) is 5. The summed E-state index contributed by atoms with van der Waals surface area (Å²) in [4.78, 5) is 20.0. The molecule has 4 nitrogen and oxygen atoms in total. The third kappa shape index (κ3) is 15.1. The van der Waals surface area contributed by atoms with Gasteiger partial charge in [0.2, 0.25) is 0 Å². The quantitative estimate of drug-likeness (QED) is 0.376. The molecule has 0 heterocycles. The van der Waals surface area contributed by atoms with Gasteiger partial charge in [0.25, 0.3) is 0 Å². The maximum Gasteiger partial charge on any atom is 2.00 e. The van der Waals surface area contributed by atoms with Gasteiger partial charge in [-0.1, -0.05) is 39.0 Å². The molecule has 0 aliphatic heterocycles. The summed E-state index contributed by atoms with van der Waals surface area (Å²) in [6, 6.07) is 0. The molecule has 0 saturated carbocycles. The van der Waals surface area contributed by atoms with Crippen molar-refractivity contribution in [1.29, 1.82) is 0 Å². The minimum Gasteiger partial charge on any atom is -0.790 e. The van der Waals surface area contributed by atoms with Crippen LogP contribution in [0.4, 0.5) is 0 Å². The minimum absolute atomic E-state index is 0. The maximum absolute atomic E-state index is 10.0. The molecular weight excluding hydrogens is 250 g/mol. The molecule has 0 amide bonds. The van der Waals surface area contributed by atoms with Crippen LogP contribution in [-0.4, -0.2) is 6.61 Å². The van der Waals surface area contributed by atoms with E-state index in [4.69, 9.17) is 0 Å². The van der Waals surface area contributed by atoms with E-state index in [-0.39, 0.29) is 23.1 Å². The molecule has 0 radical (unpaired) electrons. The third-order valence-corrected chi connectivity index (χ3v) is 2.25. The Hall–Kier alpha value is 0.604. The van der Waals surface area contributed by atoms with Crippen molar-refractivity contribution in [3.63, 3.8) is 0 Å². The first kappa shape index (κ1) is 17.0. The van der Waals surface area contributed by atoms with Crippen molar-refractivity contribution in [2.75, 3.05) is 6.61 Å². The third-order valence-electron chi connectivity index (χ3n) is 1.75. The fourth-order valence-corrected chi connectivity index (χ4v) is 1.41. The first-order valence-electron chi connectivity index (χ1n) is 4.73. The van der Waals surface area contributed by atoms with E-state index in [1.165, 1.54) is 19.3 Å². The Balaban J connectivity index is 0. The first-order valence-corrected chi connectivity index (χ1v) is 6.19. The smallest absolute Gasteiger partial charge is 0.790 e. The van der Waals surface area contributed by atoms with Gasteiger partial charge in [-0.15, -0.1) is 0 Å². The summed E-state index contributed by atoms with van der Waals surface area (Å²) in [5.41, 5.74) is 0. The van der Waals surface area contributed by atoms with Crippen molar-refractivity contribution in [2.45, 2.75) is 45.4 Å². The van der Waals surface area contributed by atoms with Crippen LogP contribution < -0.4 is 9.79 Å². The van der Waals surface area contributed by atoms with Gasteiger partial charge in [-0.2, -0.15) is 0 Å². The molecule has 0 aromatic heterocycles. The van der Waals surface area contributed by atoms with Crippen LogP contribution in [0.5, 0.6) is 0 Å². The molecule has 0 aromatic carbocycles. The summed E-state index contributed by atoms with van der Waals surface area (Å²) in [5, 5.41) is 0. The van der Waals surface area contributed by atoms with Crippen LogP contribution in [0, 0.1) is 0 Å². The molecule has 14 heavy (non-hydrogen) atoms. The summed E-state index contributed by atoms with van der Waals surface area (Å²) >= 11 is 0. The zero-order valence-corrected chi connectivity index (χ0v) is 10.2. The Morgan fingerprint density at radius 2 is 1.57 bits per heavy atom. The van der Waals surface area contributed by atoms with E-state index in [1.54, 1.807) is 0 Å². The number of hydrogen-bond acceptors (Lipinski definition) is 4. The van der Waals surface area contributed by atoms with Gasteiger partial charge in [0.05, 0.1) is 14.4 Å². The summed E-state index contributed by atoms with van der Waals surface area (Å²) in [6.07, 6.45) is 6.23. The second-order valence-corrected chi connectivity index (χ2v) is 4.20. The molecule has 0 spiro atoms. The molecule has 0 aliphatic rings. The van der Waals surface area contributed by atoms with Crippen molar-refractivity contribution in [3.8, 4) is 0 Å². The van der Waals surface area contributed by atoms with E-state index in [1.807, 2.05) is 0 Å². The normalized spacial score (nSPS) is 11.1. The Morgan fingerprint density at radius 3 is 2.07 bits per heavy atom. The second kappa shape index (κ2) is 10.1. The molecule has 0 aliphatic carbocycles. The molecule has 0 rings (SSSR count). The zero-order valence-electron chi connectivity index (χ0n) is 8.35.